The highest BCUT2D eigenvalue weighted by Crippen LogP contribution is 2.06. The molecule has 0 aromatic carbocycles. The van der Waals surface area contributed by atoms with Crippen molar-refractivity contribution in [3.05, 3.63) is 48.7 Å². The Bertz CT molecular complexity index is 714. The number of hydrogen-bond donors (Lipinski definition) is 1. The van der Waals surface area contributed by atoms with E-state index >= 15 is 0 Å². The van der Waals surface area contributed by atoms with Crippen LogP contribution in [0.3, 0.4) is 0 Å². The zero-order chi connectivity index (χ0) is 14.7. The second-order valence-electron chi connectivity index (χ2n) is 5.29. The van der Waals surface area contributed by atoms with Crippen molar-refractivity contribution in [1.29, 1.82) is 0 Å². The van der Waals surface area contributed by atoms with Crippen LogP contribution < -0.4 is 5.32 Å². The first-order valence-corrected chi connectivity index (χ1v) is 7.21. The van der Waals surface area contributed by atoms with Crippen LogP contribution >= 0.6 is 0 Å². The maximum absolute atomic E-state index is 4.34. The van der Waals surface area contributed by atoms with Gasteiger partial charge >= 0.3 is 0 Å². The molecular formula is C15H20N6. The molecule has 0 saturated carbocycles. The number of rotatable bonds is 6. The van der Waals surface area contributed by atoms with E-state index in [0.717, 1.165) is 36.7 Å². The maximum atomic E-state index is 4.34. The first-order valence-electron chi connectivity index (χ1n) is 7.21. The molecule has 3 heterocycles. The number of aryl methyl sites for hydroxylation is 2. The summed E-state index contributed by atoms with van der Waals surface area (Å²) in [6, 6.07) is 0.430. The summed E-state index contributed by atoms with van der Waals surface area (Å²) < 4.78 is 4.24. The standard InChI is InChI=1S/C15H20N6/c1-12(3-6-20-7-5-17-13(20)2)18-9-14-10-19-15-11-16-4-8-21(14)15/h4-5,7-8,10-12,18H,3,6,9H2,1-2H3/t12-/m0/s1. The zero-order valence-corrected chi connectivity index (χ0v) is 12.4. The molecule has 1 N–H and O–H groups in total. The van der Waals surface area contributed by atoms with Gasteiger partial charge in [0.2, 0.25) is 0 Å². The fourth-order valence-corrected chi connectivity index (χ4v) is 2.38. The number of fused-ring (bicyclic) bond motifs is 1. The Hall–Kier alpha value is -2.21. The quantitative estimate of drug-likeness (QED) is 0.750. The highest BCUT2D eigenvalue weighted by atomic mass is 15.1. The molecule has 0 aliphatic carbocycles. The third-order valence-electron chi connectivity index (χ3n) is 3.75. The van der Waals surface area contributed by atoms with Gasteiger partial charge in [-0.05, 0) is 20.3 Å². The minimum absolute atomic E-state index is 0.430. The van der Waals surface area contributed by atoms with E-state index < -0.39 is 0 Å². The van der Waals surface area contributed by atoms with E-state index in [-0.39, 0.29) is 0 Å². The number of nitrogens with zero attached hydrogens (tertiary/aromatic N) is 5. The summed E-state index contributed by atoms with van der Waals surface area (Å²) in [5, 5.41) is 3.54. The minimum atomic E-state index is 0.430. The van der Waals surface area contributed by atoms with Crippen LogP contribution in [0.15, 0.2) is 37.2 Å². The van der Waals surface area contributed by atoms with E-state index in [0.29, 0.717) is 6.04 Å². The first-order chi connectivity index (χ1) is 10.2. The SMILES string of the molecule is Cc1nccn1CC[C@H](C)NCc1cnc2cnccn12. The molecule has 0 fully saturated rings. The molecule has 0 saturated heterocycles. The summed E-state index contributed by atoms with van der Waals surface area (Å²) in [6.07, 6.45) is 12.3. The summed E-state index contributed by atoms with van der Waals surface area (Å²) >= 11 is 0. The summed E-state index contributed by atoms with van der Waals surface area (Å²) in [5.74, 6) is 1.07. The van der Waals surface area contributed by atoms with Crippen LogP contribution in [0.25, 0.3) is 5.65 Å². The lowest BCUT2D eigenvalue weighted by molar-refractivity contribution is 0.468. The van der Waals surface area contributed by atoms with Crippen molar-refractivity contribution in [2.75, 3.05) is 0 Å². The van der Waals surface area contributed by atoms with Crippen LogP contribution in [-0.2, 0) is 13.1 Å². The van der Waals surface area contributed by atoms with Gasteiger partial charge in [-0.3, -0.25) is 9.38 Å². The van der Waals surface area contributed by atoms with Crippen LogP contribution in [0.1, 0.15) is 24.9 Å². The molecule has 3 aromatic rings. The number of imidazole rings is 2. The molecule has 6 nitrogen and oxygen atoms in total. The molecule has 110 valence electrons. The zero-order valence-electron chi connectivity index (χ0n) is 12.4. The van der Waals surface area contributed by atoms with Gasteiger partial charge < -0.3 is 9.88 Å². The normalized spacial score (nSPS) is 12.9. The van der Waals surface area contributed by atoms with Gasteiger partial charge in [-0.25, -0.2) is 9.97 Å². The Morgan fingerprint density at radius 2 is 2.10 bits per heavy atom. The van der Waals surface area contributed by atoms with Crippen molar-refractivity contribution in [3.63, 3.8) is 0 Å². The van der Waals surface area contributed by atoms with E-state index in [9.17, 15) is 0 Å². The Kier molecular flexibility index (Phi) is 3.96. The average molecular weight is 284 g/mol. The van der Waals surface area contributed by atoms with Crippen LogP contribution in [0.4, 0.5) is 0 Å². The van der Waals surface area contributed by atoms with Gasteiger partial charge in [-0.2, -0.15) is 0 Å². The summed E-state index contributed by atoms with van der Waals surface area (Å²) in [4.78, 5) is 12.7. The van der Waals surface area contributed by atoms with Crippen LogP contribution in [0.5, 0.6) is 0 Å². The third-order valence-corrected chi connectivity index (χ3v) is 3.75. The molecule has 0 aliphatic heterocycles. The van der Waals surface area contributed by atoms with Gasteiger partial charge in [0.15, 0.2) is 5.65 Å². The van der Waals surface area contributed by atoms with Gasteiger partial charge in [-0.15, -0.1) is 0 Å². The Labute approximate surface area is 123 Å². The van der Waals surface area contributed by atoms with Crippen LogP contribution in [-0.4, -0.2) is 30.0 Å². The number of hydrogen-bond acceptors (Lipinski definition) is 4. The van der Waals surface area contributed by atoms with Crippen molar-refractivity contribution >= 4 is 5.65 Å². The highest BCUT2D eigenvalue weighted by molar-refractivity contribution is 5.36. The number of aromatic nitrogens is 5. The molecule has 0 bridgehead atoms. The predicted octanol–water partition coefficient (Wildman–Crippen LogP) is 1.80. The highest BCUT2D eigenvalue weighted by Gasteiger charge is 2.06. The Morgan fingerprint density at radius 3 is 2.90 bits per heavy atom. The fraction of sp³-hybridized carbons (Fsp3) is 0.400. The van der Waals surface area contributed by atoms with Crippen molar-refractivity contribution in [2.24, 2.45) is 0 Å². The van der Waals surface area contributed by atoms with Crippen molar-refractivity contribution in [3.8, 4) is 0 Å². The van der Waals surface area contributed by atoms with Gasteiger partial charge in [0.1, 0.15) is 5.82 Å². The van der Waals surface area contributed by atoms with E-state index in [1.165, 1.54) is 0 Å². The van der Waals surface area contributed by atoms with Crippen molar-refractivity contribution in [2.45, 2.75) is 39.4 Å². The molecule has 0 spiro atoms. The van der Waals surface area contributed by atoms with E-state index in [1.807, 2.05) is 31.7 Å². The van der Waals surface area contributed by atoms with E-state index in [4.69, 9.17) is 0 Å². The van der Waals surface area contributed by atoms with Gasteiger partial charge in [0, 0.05) is 43.9 Å². The number of nitrogens with one attached hydrogen (secondary N) is 1. The maximum Gasteiger partial charge on any atom is 0.155 e. The lowest BCUT2D eigenvalue weighted by atomic mass is 10.2. The van der Waals surface area contributed by atoms with Gasteiger partial charge in [0.25, 0.3) is 0 Å². The van der Waals surface area contributed by atoms with Crippen molar-refractivity contribution < 1.29 is 0 Å². The lowest BCUT2D eigenvalue weighted by Crippen LogP contribution is -2.27. The second-order valence-corrected chi connectivity index (χ2v) is 5.29. The summed E-state index contributed by atoms with van der Waals surface area (Å²) in [5.41, 5.74) is 2.04. The average Bonchev–Trinajstić information content (AvgIpc) is 3.09. The summed E-state index contributed by atoms with van der Waals surface area (Å²) in [6.45, 7) is 6.02. The van der Waals surface area contributed by atoms with E-state index in [2.05, 4.69) is 36.2 Å². The third kappa shape index (κ3) is 3.11. The summed E-state index contributed by atoms with van der Waals surface area (Å²) in [7, 11) is 0. The smallest absolute Gasteiger partial charge is 0.155 e. The molecule has 21 heavy (non-hydrogen) atoms. The molecule has 0 aliphatic rings. The first kappa shape index (κ1) is 13.8. The monoisotopic (exact) mass is 284 g/mol. The Morgan fingerprint density at radius 1 is 1.19 bits per heavy atom. The molecule has 0 amide bonds. The second kappa shape index (κ2) is 6.05. The van der Waals surface area contributed by atoms with E-state index in [1.54, 1.807) is 12.4 Å². The molecule has 3 aromatic heterocycles. The van der Waals surface area contributed by atoms with Crippen molar-refractivity contribution in [1.82, 2.24) is 29.2 Å². The fourth-order valence-electron chi connectivity index (χ4n) is 2.38. The molecule has 3 rings (SSSR count). The van der Waals surface area contributed by atoms with Gasteiger partial charge in [0.05, 0.1) is 18.1 Å². The predicted molar refractivity (Wildman–Crippen MR) is 80.9 cm³/mol. The van der Waals surface area contributed by atoms with Crippen LogP contribution in [0.2, 0.25) is 0 Å². The lowest BCUT2D eigenvalue weighted by Gasteiger charge is -2.14. The minimum Gasteiger partial charge on any atom is -0.335 e. The molecule has 0 unspecified atom stereocenters. The molecule has 0 radical (unpaired) electrons. The van der Waals surface area contributed by atoms with Gasteiger partial charge in [-0.1, -0.05) is 0 Å². The topological polar surface area (TPSA) is 60.0 Å². The van der Waals surface area contributed by atoms with Crippen LogP contribution in [0, 0.1) is 6.92 Å². The molecular weight excluding hydrogens is 264 g/mol. The Balaban J connectivity index is 1.54. The molecule has 6 heteroatoms. The molecule has 1 atom stereocenters. The largest absolute Gasteiger partial charge is 0.335 e.